The number of anilines is 1. The highest BCUT2D eigenvalue weighted by atomic mass is 19.1. The van der Waals surface area contributed by atoms with E-state index in [-0.39, 0.29) is 5.78 Å². The zero-order valence-corrected chi connectivity index (χ0v) is 14.6. The molecule has 27 heavy (non-hydrogen) atoms. The SMILES string of the molecule is O=C1CCCC2=C1[C@H](c1ccc(F)cc1F)c1c(ccc3ccccc13)N2. The van der Waals surface area contributed by atoms with Gasteiger partial charge >= 0.3 is 0 Å². The molecule has 1 aliphatic heterocycles. The number of nitrogens with one attached hydrogen (secondary N) is 1. The molecule has 134 valence electrons. The van der Waals surface area contributed by atoms with Crippen molar-refractivity contribution in [2.45, 2.75) is 25.2 Å². The van der Waals surface area contributed by atoms with Gasteiger partial charge in [0.2, 0.25) is 0 Å². The molecular weight excluding hydrogens is 344 g/mol. The van der Waals surface area contributed by atoms with Crippen LogP contribution in [0.4, 0.5) is 14.5 Å². The van der Waals surface area contributed by atoms with E-state index in [1.807, 2.05) is 36.4 Å². The Hall–Kier alpha value is -3.01. The maximum Gasteiger partial charge on any atom is 0.161 e. The summed E-state index contributed by atoms with van der Waals surface area (Å²) < 4.78 is 28.4. The van der Waals surface area contributed by atoms with E-state index >= 15 is 0 Å². The van der Waals surface area contributed by atoms with Crippen molar-refractivity contribution in [2.75, 3.05) is 5.32 Å². The fraction of sp³-hybridized carbons (Fsp3) is 0.174. The molecule has 1 atom stereocenters. The van der Waals surface area contributed by atoms with Gasteiger partial charge in [-0.3, -0.25) is 4.79 Å². The van der Waals surface area contributed by atoms with Gasteiger partial charge in [0.15, 0.2) is 5.78 Å². The zero-order chi connectivity index (χ0) is 18.5. The topological polar surface area (TPSA) is 29.1 Å². The van der Waals surface area contributed by atoms with Gasteiger partial charge in [0.1, 0.15) is 11.6 Å². The van der Waals surface area contributed by atoms with E-state index in [0.717, 1.165) is 46.6 Å². The summed E-state index contributed by atoms with van der Waals surface area (Å²) >= 11 is 0. The Morgan fingerprint density at radius 2 is 1.81 bits per heavy atom. The van der Waals surface area contributed by atoms with E-state index in [1.165, 1.54) is 12.1 Å². The third kappa shape index (κ3) is 2.47. The van der Waals surface area contributed by atoms with E-state index in [1.54, 1.807) is 0 Å². The lowest BCUT2D eigenvalue weighted by molar-refractivity contribution is -0.116. The first kappa shape index (κ1) is 16.2. The molecule has 2 aliphatic rings. The Balaban J connectivity index is 1.86. The maximum atomic E-state index is 14.8. The number of rotatable bonds is 1. The molecule has 4 heteroatoms. The highest BCUT2D eigenvalue weighted by Crippen LogP contribution is 2.48. The number of carbonyl (C=O) groups excluding carboxylic acids is 1. The van der Waals surface area contributed by atoms with Crippen LogP contribution in [0.15, 0.2) is 65.9 Å². The average molecular weight is 361 g/mol. The molecule has 0 aromatic heterocycles. The number of hydrogen-bond donors (Lipinski definition) is 1. The largest absolute Gasteiger partial charge is 0.358 e. The van der Waals surface area contributed by atoms with Crippen molar-refractivity contribution >= 4 is 22.2 Å². The second-order valence-electron chi connectivity index (χ2n) is 7.14. The number of fused-ring (bicyclic) bond motifs is 3. The molecule has 3 aromatic rings. The molecule has 0 unspecified atom stereocenters. The van der Waals surface area contributed by atoms with Gasteiger partial charge in [-0.1, -0.05) is 36.4 Å². The summed E-state index contributed by atoms with van der Waals surface area (Å²) in [6, 6.07) is 15.5. The minimum atomic E-state index is -0.619. The van der Waals surface area contributed by atoms with Gasteiger partial charge < -0.3 is 5.32 Å². The average Bonchev–Trinajstić information content (AvgIpc) is 2.67. The van der Waals surface area contributed by atoms with Gasteiger partial charge in [0.05, 0.1) is 0 Å². The number of carbonyl (C=O) groups is 1. The standard InChI is InChI=1S/C23H17F2NO/c24-14-9-10-16(17(25)12-14)22-21-15-5-2-1-4-13(15)8-11-19(21)26-18-6-3-7-20(27)23(18)22/h1-2,4-5,8-12,22,26H,3,6-7H2/t22-/m1/s1. The van der Waals surface area contributed by atoms with Crippen LogP contribution in [0, 0.1) is 11.6 Å². The summed E-state index contributed by atoms with van der Waals surface area (Å²) in [6.07, 6.45) is 2.00. The Labute approximate surface area is 155 Å². The summed E-state index contributed by atoms with van der Waals surface area (Å²) in [5.41, 5.74) is 3.60. The molecule has 0 fully saturated rings. The van der Waals surface area contributed by atoms with E-state index in [4.69, 9.17) is 0 Å². The summed E-state index contributed by atoms with van der Waals surface area (Å²) in [4.78, 5) is 12.8. The normalized spacial score (nSPS) is 18.9. The van der Waals surface area contributed by atoms with Crippen LogP contribution in [0.1, 0.15) is 36.3 Å². The van der Waals surface area contributed by atoms with Gasteiger partial charge in [-0.2, -0.15) is 0 Å². The molecular formula is C23H17F2NO. The predicted octanol–water partition coefficient (Wildman–Crippen LogP) is 5.68. The molecule has 1 N–H and O–H groups in total. The third-order valence-electron chi connectivity index (χ3n) is 5.56. The van der Waals surface area contributed by atoms with Gasteiger partial charge in [-0.15, -0.1) is 0 Å². The first-order valence-electron chi connectivity index (χ1n) is 9.13. The number of ketones is 1. The minimum Gasteiger partial charge on any atom is -0.358 e. The summed E-state index contributed by atoms with van der Waals surface area (Å²) in [5.74, 6) is -1.73. The van der Waals surface area contributed by atoms with Gasteiger partial charge in [-0.25, -0.2) is 8.78 Å². The molecule has 0 radical (unpaired) electrons. The molecule has 1 heterocycles. The van der Waals surface area contributed by atoms with Gasteiger partial charge in [0.25, 0.3) is 0 Å². The number of halogens is 2. The molecule has 0 saturated heterocycles. The monoisotopic (exact) mass is 361 g/mol. The Morgan fingerprint density at radius 1 is 0.963 bits per heavy atom. The van der Waals surface area contributed by atoms with Crippen LogP contribution in [-0.4, -0.2) is 5.78 Å². The Bertz CT molecular complexity index is 1130. The molecule has 0 bridgehead atoms. The van der Waals surface area contributed by atoms with Crippen molar-refractivity contribution in [1.29, 1.82) is 0 Å². The van der Waals surface area contributed by atoms with Crippen molar-refractivity contribution in [3.05, 3.63) is 88.6 Å². The summed E-state index contributed by atoms with van der Waals surface area (Å²) in [6.45, 7) is 0. The van der Waals surface area contributed by atoms with Crippen molar-refractivity contribution in [2.24, 2.45) is 0 Å². The number of benzene rings is 3. The van der Waals surface area contributed by atoms with Crippen LogP contribution in [0.3, 0.4) is 0 Å². The first-order chi connectivity index (χ1) is 13.1. The third-order valence-corrected chi connectivity index (χ3v) is 5.56. The molecule has 0 saturated carbocycles. The minimum absolute atomic E-state index is 0.0380. The molecule has 2 nitrogen and oxygen atoms in total. The van der Waals surface area contributed by atoms with Crippen LogP contribution in [0.25, 0.3) is 10.8 Å². The van der Waals surface area contributed by atoms with Crippen LogP contribution in [0.2, 0.25) is 0 Å². The first-order valence-corrected chi connectivity index (χ1v) is 9.13. The number of allylic oxidation sites excluding steroid dienone is 2. The smallest absolute Gasteiger partial charge is 0.161 e. The zero-order valence-electron chi connectivity index (χ0n) is 14.6. The second kappa shape index (κ2) is 6.02. The fourth-order valence-electron chi connectivity index (χ4n) is 4.40. The number of Topliss-reactive ketones (excluding diaryl/α,β-unsaturated/α-hetero) is 1. The van der Waals surface area contributed by atoms with E-state index in [9.17, 15) is 13.6 Å². The lowest BCUT2D eigenvalue weighted by Gasteiger charge is -2.35. The second-order valence-corrected chi connectivity index (χ2v) is 7.14. The molecule has 3 aromatic carbocycles. The quantitative estimate of drug-likeness (QED) is 0.604. The van der Waals surface area contributed by atoms with E-state index in [0.29, 0.717) is 17.6 Å². The molecule has 0 spiro atoms. The summed E-state index contributed by atoms with van der Waals surface area (Å²) in [7, 11) is 0. The Kier molecular flexibility index (Phi) is 3.61. The lowest BCUT2D eigenvalue weighted by Crippen LogP contribution is -2.27. The highest BCUT2D eigenvalue weighted by Gasteiger charge is 2.37. The molecule has 1 aliphatic carbocycles. The van der Waals surface area contributed by atoms with Crippen molar-refractivity contribution in [3.63, 3.8) is 0 Å². The Morgan fingerprint density at radius 3 is 2.67 bits per heavy atom. The van der Waals surface area contributed by atoms with Crippen molar-refractivity contribution in [1.82, 2.24) is 0 Å². The van der Waals surface area contributed by atoms with Crippen LogP contribution in [-0.2, 0) is 4.79 Å². The predicted molar refractivity (Wildman–Crippen MR) is 102 cm³/mol. The molecule has 5 rings (SSSR count). The van der Waals surface area contributed by atoms with Crippen molar-refractivity contribution < 1.29 is 13.6 Å². The van der Waals surface area contributed by atoms with E-state index < -0.39 is 17.6 Å². The van der Waals surface area contributed by atoms with Gasteiger partial charge in [-0.05, 0) is 41.3 Å². The van der Waals surface area contributed by atoms with Crippen molar-refractivity contribution in [3.8, 4) is 0 Å². The van der Waals surface area contributed by atoms with Gasteiger partial charge in [0, 0.05) is 40.9 Å². The van der Waals surface area contributed by atoms with Crippen LogP contribution >= 0.6 is 0 Å². The highest BCUT2D eigenvalue weighted by molar-refractivity contribution is 6.04. The lowest BCUT2D eigenvalue weighted by atomic mass is 9.74. The molecule has 0 amide bonds. The summed E-state index contributed by atoms with van der Waals surface area (Å²) in [5, 5.41) is 5.41. The maximum absolute atomic E-state index is 14.8. The van der Waals surface area contributed by atoms with Crippen LogP contribution in [0.5, 0.6) is 0 Å². The fourth-order valence-corrected chi connectivity index (χ4v) is 4.40. The van der Waals surface area contributed by atoms with Crippen LogP contribution < -0.4 is 5.32 Å². The van der Waals surface area contributed by atoms with E-state index in [2.05, 4.69) is 5.32 Å². The number of hydrogen-bond acceptors (Lipinski definition) is 2.